The van der Waals surface area contributed by atoms with E-state index in [0.717, 1.165) is 18.2 Å². The van der Waals surface area contributed by atoms with E-state index in [0.29, 0.717) is 0 Å². The summed E-state index contributed by atoms with van der Waals surface area (Å²) in [4.78, 5) is 20.7. The molecule has 0 fully saturated rings. The van der Waals surface area contributed by atoms with Gasteiger partial charge >= 0.3 is 11.7 Å². The van der Waals surface area contributed by atoms with E-state index in [1.165, 1.54) is 6.92 Å². The summed E-state index contributed by atoms with van der Waals surface area (Å²) in [6, 6.07) is 2.78. The molecule has 0 aromatic heterocycles. The maximum atomic E-state index is 13.0. The highest BCUT2D eigenvalue weighted by atomic mass is 19.1. The van der Waals surface area contributed by atoms with Crippen LogP contribution in [0.1, 0.15) is 13.3 Å². The minimum absolute atomic E-state index is 0.0734. The molecule has 0 aliphatic rings. The number of carboxylic acids is 1. The predicted octanol–water partition coefficient (Wildman–Crippen LogP) is 1.30. The van der Waals surface area contributed by atoms with Crippen LogP contribution < -0.4 is 10.5 Å². The van der Waals surface area contributed by atoms with Gasteiger partial charge < -0.3 is 15.6 Å². The van der Waals surface area contributed by atoms with Crippen LogP contribution in [0.3, 0.4) is 0 Å². The Bertz CT molecular complexity index is 504. The van der Waals surface area contributed by atoms with Gasteiger partial charge in [-0.1, -0.05) is 0 Å². The second-order valence-corrected chi connectivity index (χ2v) is 4.19. The molecule has 0 amide bonds. The number of benzene rings is 1. The third kappa shape index (κ3) is 3.88. The van der Waals surface area contributed by atoms with E-state index in [1.807, 2.05) is 0 Å². The van der Waals surface area contributed by atoms with Crippen LogP contribution in [0.4, 0.5) is 10.1 Å². The molecule has 8 heteroatoms. The highest BCUT2D eigenvalue weighted by Crippen LogP contribution is 2.27. The molecular weight excluding hydrogens is 259 g/mol. The Labute approximate surface area is 107 Å². The average Bonchev–Trinajstić information content (AvgIpc) is 2.28. The van der Waals surface area contributed by atoms with E-state index in [2.05, 4.69) is 0 Å². The van der Waals surface area contributed by atoms with Gasteiger partial charge in [0.15, 0.2) is 5.75 Å². The molecule has 1 rings (SSSR count). The number of ether oxygens (including phenoxy) is 1. The van der Waals surface area contributed by atoms with Crippen LogP contribution in [0.5, 0.6) is 5.75 Å². The van der Waals surface area contributed by atoms with Crippen LogP contribution in [0.2, 0.25) is 0 Å². The SMILES string of the molecule is CC(N)(CCOc1cc(F)ccc1[N+](=O)[O-])C(=O)O. The van der Waals surface area contributed by atoms with Gasteiger partial charge in [0, 0.05) is 18.6 Å². The second-order valence-electron chi connectivity index (χ2n) is 4.19. The Morgan fingerprint density at radius 3 is 2.79 bits per heavy atom. The summed E-state index contributed by atoms with van der Waals surface area (Å²) >= 11 is 0. The second kappa shape index (κ2) is 5.61. The van der Waals surface area contributed by atoms with Gasteiger partial charge in [0.1, 0.15) is 11.4 Å². The van der Waals surface area contributed by atoms with Crippen molar-refractivity contribution in [2.24, 2.45) is 5.73 Å². The molecule has 0 aliphatic heterocycles. The minimum Gasteiger partial charge on any atom is -0.487 e. The summed E-state index contributed by atoms with van der Waals surface area (Å²) < 4.78 is 18.0. The van der Waals surface area contributed by atoms with Gasteiger partial charge in [-0.05, 0) is 13.0 Å². The molecular formula is C11H13FN2O5. The molecule has 1 unspecified atom stereocenters. The molecule has 7 nitrogen and oxygen atoms in total. The van der Waals surface area contributed by atoms with Crippen molar-refractivity contribution in [3.63, 3.8) is 0 Å². The van der Waals surface area contributed by atoms with E-state index in [1.54, 1.807) is 0 Å². The van der Waals surface area contributed by atoms with Crippen molar-refractivity contribution in [1.29, 1.82) is 0 Å². The highest BCUT2D eigenvalue weighted by Gasteiger charge is 2.28. The van der Waals surface area contributed by atoms with Crippen LogP contribution in [0.15, 0.2) is 18.2 Å². The first-order valence-corrected chi connectivity index (χ1v) is 5.33. The molecule has 0 saturated carbocycles. The summed E-state index contributed by atoms with van der Waals surface area (Å²) in [7, 11) is 0. The number of nitrogens with two attached hydrogens (primary N) is 1. The van der Waals surface area contributed by atoms with E-state index >= 15 is 0 Å². The highest BCUT2D eigenvalue weighted by molar-refractivity contribution is 5.77. The molecule has 3 N–H and O–H groups in total. The van der Waals surface area contributed by atoms with Gasteiger partial charge in [-0.2, -0.15) is 0 Å². The van der Waals surface area contributed by atoms with Crippen molar-refractivity contribution >= 4 is 11.7 Å². The Morgan fingerprint density at radius 2 is 2.26 bits per heavy atom. The fraction of sp³-hybridized carbons (Fsp3) is 0.364. The number of aliphatic carboxylic acids is 1. The number of carboxylic acid groups (broad SMARTS) is 1. The van der Waals surface area contributed by atoms with Gasteiger partial charge in [-0.15, -0.1) is 0 Å². The zero-order chi connectivity index (χ0) is 14.6. The van der Waals surface area contributed by atoms with Crippen molar-refractivity contribution in [3.05, 3.63) is 34.1 Å². The molecule has 19 heavy (non-hydrogen) atoms. The average molecular weight is 272 g/mol. The summed E-state index contributed by atoms with van der Waals surface area (Å²) in [6.07, 6.45) is -0.0734. The first-order valence-electron chi connectivity index (χ1n) is 5.33. The Morgan fingerprint density at radius 1 is 1.63 bits per heavy atom. The number of nitrogens with zero attached hydrogens (tertiary/aromatic N) is 1. The first kappa shape index (κ1) is 14.8. The number of rotatable bonds is 6. The summed E-state index contributed by atoms with van der Waals surface area (Å²) in [6.45, 7) is 1.11. The molecule has 0 heterocycles. The molecule has 1 atom stereocenters. The lowest BCUT2D eigenvalue weighted by molar-refractivity contribution is -0.385. The summed E-state index contributed by atoms with van der Waals surface area (Å²) in [5, 5.41) is 19.5. The van der Waals surface area contributed by atoms with Crippen molar-refractivity contribution in [2.75, 3.05) is 6.61 Å². The fourth-order valence-electron chi connectivity index (χ4n) is 1.23. The Kier molecular flexibility index (Phi) is 4.38. The van der Waals surface area contributed by atoms with E-state index in [9.17, 15) is 19.3 Å². The number of nitro benzene ring substituents is 1. The Hall–Kier alpha value is -2.22. The van der Waals surface area contributed by atoms with Gasteiger partial charge in [-0.25, -0.2) is 4.39 Å². The van der Waals surface area contributed by atoms with Crippen LogP contribution in [-0.2, 0) is 4.79 Å². The van der Waals surface area contributed by atoms with Crippen LogP contribution >= 0.6 is 0 Å². The van der Waals surface area contributed by atoms with Crippen LogP contribution in [0.25, 0.3) is 0 Å². The van der Waals surface area contributed by atoms with Crippen LogP contribution in [0, 0.1) is 15.9 Å². The standard InChI is InChI=1S/C11H13FN2O5/c1-11(13,10(15)16)4-5-19-9-6-7(12)2-3-8(9)14(17)18/h2-3,6H,4-5,13H2,1H3,(H,15,16). The number of hydrogen-bond acceptors (Lipinski definition) is 5. The molecule has 0 spiro atoms. The van der Waals surface area contributed by atoms with Gasteiger partial charge in [0.25, 0.3) is 0 Å². The van der Waals surface area contributed by atoms with Crippen molar-refractivity contribution in [1.82, 2.24) is 0 Å². The minimum atomic E-state index is -1.51. The summed E-state index contributed by atoms with van der Waals surface area (Å²) in [5.41, 5.74) is 3.56. The normalized spacial score (nSPS) is 13.6. The lowest BCUT2D eigenvalue weighted by Crippen LogP contribution is -2.45. The van der Waals surface area contributed by atoms with Gasteiger partial charge in [0.2, 0.25) is 0 Å². The van der Waals surface area contributed by atoms with Crippen molar-refractivity contribution in [2.45, 2.75) is 18.9 Å². The number of nitro groups is 1. The molecule has 0 radical (unpaired) electrons. The number of hydrogen-bond donors (Lipinski definition) is 2. The van der Waals surface area contributed by atoms with E-state index in [-0.39, 0.29) is 18.8 Å². The van der Waals surface area contributed by atoms with Crippen molar-refractivity contribution in [3.8, 4) is 5.75 Å². The lowest BCUT2D eigenvalue weighted by atomic mass is 10.0. The summed E-state index contributed by atoms with van der Waals surface area (Å²) in [5.74, 6) is -2.16. The quantitative estimate of drug-likeness (QED) is 0.595. The van der Waals surface area contributed by atoms with E-state index < -0.39 is 27.9 Å². The van der Waals surface area contributed by atoms with Gasteiger partial charge in [0.05, 0.1) is 11.5 Å². The zero-order valence-electron chi connectivity index (χ0n) is 10.1. The van der Waals surface area contributed by atoms with Gasteiger partial charge in [-0.3, -0.25) is 14.9 Å². The topological polar surface area (TPSA) is 116 Å². The molecule has 0 aliphatic carbocycles. The largest absolute Gasteiger partial charge is 0.487 e. The fourth-order valence-corrected chi connectivity index (χ4v) is 1.23. The monoisotopic (exact) mass is 272 g/mol. The van der Waals surface area contributed by atoms with Crippen LogP contribution in [-0.4, -0.2) is 28.1 Å². The van der Waals surface area contributed by atoms with Crippen molar-refractivity contribution < 1.29 is 24.0 Å². The number of halogens is 1. The molecule has 0 saturated heterocycles. The molecule has 1 aromatic rings. The Balaban J connectivity index is 2.75. The maximum absolute atomic E-state index is 13.0. The zero-order valence-corrected chi connectivity index (χ0v) is 10.1. The third-order valence-electron chi connectivity index (χ3n) is 2.49. The maximum Gasteiger partial charge on any atom is 0.323 e. The third-order valence-corrected chi connectivity index (χ3v) is 2.49. The molecule has 1 aromatic carbocycles. The lowest BCUT2D eigenvalue weighted by Gasteiger charge is -2.18. The molecule has 104 valence electrons. The first-order chi connectivity index (χ1) is 8.74. The molecule has 0 bridgehead atoms. The smallest absolute Gasteiger partial charge is 0.323 e. The predicted molar refractivity (Wildman–Crippen MR) is 63.4 cm³/mol. The van der Waals surface area contributed by atoms with E-state index in [4.69, 9.17) is 15.6 Å². The number of carbonyl (C=O) groups is 1.